The Morgan fingerprint density at radius 3 is 1.76 bits per heavy atom. The van der Waals surface area contributed by atoms with Crippen LogP contribution in [0.4, 0.5) is 0 Å². The standard InChI is InChI=1S/C16H30NO3Si/c1-13(2)18-21(19-14(3)4,20-15(5)6)12-17-11-9-8-10-16(17)7/h8-11,13-15H,12H2,1-7H3/q+1. The molecular formula is C16H30NO3Si+. The van der Waals surface area contributed by atoms with E-state index < -0.39 is 8.80 Å². The summed E-state index contributed by atoms with van der Waals surface area (Å²) in [6.45, 7) is 14.2. The molecule has 0 fully saturated rings. The lowest BCUT2D eigenvalue weighted by atomic mass is 10.4. The Morgan fingerprint density at radius 2 is 1.38 bits per heavy atom. The van der Waals surface area contributed by atoms with Crippen LogP contribution >= 0.6 is 0 Å². The van der Waals surface area contributed by atoms with Gasteiger partial charge >= 0.3 is 8.80 Å². The molecule has 0 bridgehead atoms. The maximum Gasteiger partial charge on any atom is 0.570 e. The van der Waals surface area contributed by atoms with Crippen molar-refractivity contribution in [3.8, 4) is 0 Å². The summed E-state index contributed by atoms with van der Waals surface area (Å²) < 4.78 is 20.7. The molecular weight excluding hydrogens is 282 g/mol. The molecule has 0 unspecified atom stereocenters. The summed E-state index contributed by atoms with van der Waals surface area (Å²) in [6, 6.07) is 6.14. The molecule has 0 spiro atoms. The zero-order valence-corrected chi connectivity index (χ0v) is 15.4. The molecule has 0 radical (unpaired) electrons. The summed E-state index contributed by atoms with van der Waals surface area (Å²) in [5.41, 5.74) is 1.17. The van der Waals surface area contributed by atoms with Crippen LogP contribution in [0.15, 0.2) is 24.4 Å². The third-order valence-corrected chi connectivity index (χ3v) is 6.00. The summed E-state index contributed by atoms with van der Waals surface area (Å²) >= 11 is 0. The van der Waals surface area contributed by atoms with Gasteiger partial charge in [0.2, 0.25) is 6.17 Å². The maximum absolute atomic E-state index is 6.19. The molecule has 120 valence electrons. The van der Waals surface area contributed by atoms with Gasteiger partial charge < -0.3 is 13.3 Å². The average Bonchev–Trinajstić information content (AvgIpc) is 2.29. The molecule has 0 aliphatic carbocycles. The summed E-state index contributed by atoms with van der Waals surface area (Å²) in [6.07, 6.45) is 2.89. The smallest absolute Gasteiger partial charge is 0.367 e. The molecule has 1 heterocycles. The predicted octanol–water partition coefficient (Wildman–Crippen LogP) is 3.04. The highest BCUT2D eigenvalue weighted by Gasteiger charge is 2.49. The van der Waals surface area contributed by atoms with Crippen LogP contribution in [0.3, 0.4) is 0 Å². The molecule has 0 amide bonds. The van der Waals surface area contributed by atoms with Crippen molar-refractivity contribution in [1.82, 2.24) is 0 Å². The molecule has 4 nitrogen and oxygen atoms in total. The predicted molar refractivity (Wildman–Crippen MR) is 85.8 cm³/mol. The molecule has 21 heavy (non-hydrogen) atoms. The van der Waals surface area contributed by atoms with Crippen molar-refractivity contribution in [2.75, 3.05) is 0 Å². The van der Waals surface area contributed by atoms with Gasteiger partial charge in [0.05, 0.1) is 0 Å². The third-order valence-electron chi connectivity index (χ3n) is 2.78. The van der Waals surface area contributed by atoms with Gasteiger partial charge in [-0.1, -0.05) is 6.07 Å². The summed E-state index contributed by atoms with van der Waals surface area (Å²) in [7, 11) is -2.79. The number of aryl methyl sites for hydroxylation is 1. The molecule has 0 aliphatic rings. The van der Waals surface area contributed by atoms with E-state index in [-0.39, 0.29) is 18.3 Å². The molecule has 0 aliphatic heterocycles. The van der Waals surface area contributed by atoms with E-state index >= 15 is 0 Å². The minimum absolute atomic E-state index is 0.0683. The van der Waals surface area contributed by atoms with Gasteiger partial charge in [-0.2, -0.15) is 4.57 Å². The fourth-order valence-electron chi connectivity index (χ4n) is 2.22. The third kappa shape index (κ3) is 6.26. The van der Waals surface area contributed by atoms with E-state index in [1.54, 1.807) is 0 Å². The van der Waals surface area contributed by atoms with Crippen molar-refractivity contribution in [1.29, 1.82) is 0 Å². The van der Waals surface area contributed by atoms with Gasteiger partial charge in [0.15, 0.2) is 11.9 Å². The SMILES string of the molecule is Cc1cccc[n+]1C[Si](OC(C)C)(OC(C)C)OC(C)C. The van der Waals surface area contributed by atoms with E-state index in [1.165, 1.54) is 5.69 Å². The van der Waals surface area contributed by atoms with Crippen molar-refractivity contribution >= 4 is 8.80 Å². The number of rotatable bonds is 8. The Bertz CT molecular complexity index is 409. The topological polar surface area (TPSA) is 31.6 Å². The molecule has 0 saturated carbocycles. The van der Waals surface area contributed by atoms with Gasteiger partial charge in [-0.15, -0.1) is 0 Å². The second-order valence-corrected chi connectivity index (χ2v) is 8.54. The zero-order chi connectivity index (χ0) is 16.0. The molecule has 0 atom stereocenters. The van der Waals surface area contributed by atoms with Gasteiger partial charge in [0, 0.05) is 37.4 Å². The highest BCUT2D eigenvalue weighted by Crippen LogP contribution is 2.18. The maximum atomic E-state index is 6.19. The van der Waals surface area contributed by atoms with Crippen molar-refractivity contribution in [3.05, 3.63) is 30.1 Å². The van der Waals surface area contributed by atoms with E-state index in [2.05, 4.69) is 17.6 Å². The normalized spacial score (nSPS) is 12.7. The van der Waals surface area contributed by atoms with E-state index in [0.717, 1.165) is 0 Å². The minimum atomic E-state index is -2.79. The molecule has 0 saturated heterocycles. The fourth-order valence-corrected chi connectivity index (χ4v) is 5.54. The van der Waals surface area contributed by atoms with Gasteiger partial charge in [0.1, 0.15) is 0 Å². The Morgan fingerprint density at radius 1 is 0.905 bits per heavy atom. The molecule has 1 aromatic rings. The first kappa shape index (κ1) is 18.3. The van der Waals surface area contributed by atoms with Crippen molar-refractivity contribution < 1.29 is 17.8 Å². The number of nitrogens with zero attached hydrogens (tertiary/aromatic N) is 1. The van der Waals surface area contributed by atoms with E-state index in [9.17, 15) is 0 Å². The van der Waals surface area contributed by atoms with Gasteiger partial charge in [0.25, 0.3) is 0 Å². The van der Waals surface area contributed by atoms with Crippen LogP contribution < -0.4 is 4.57 Å². The summed E-state index contributed by atoms with van der Waals surface area (Å²) in [4.78, 5) is 0. The summed E-state index contributed by atoms with van der Waals surface area (Å²) in [5.74, 6) is 0. The first-order valence-electron chi connectivity index (χ1n) is 7.72. The lowest BCUT2D eigenvalue weighted by Gasteiger charge is -2.32. The molecule has 0 N–H and O–H groups in total. The van der Waals surface area contributed by atoms with Gasteiger partial charge in [-0.25, -0.2) is 0 Å². The quantitative estimate of drug-likeness (QED) is 0.546. The van der Waals surface area contributed by atoms with E-state index in [4.69, 9.17) is 13.3 Å². The van der Waals surface area contributed by atoms with E-state index in [1.807, 2.05) is 59.9 Å². The van der Waals surface area contributed by atoms with Gasteiger partial charge in [-0.05, 0) is 41.5 Å². The molecule has 1 aromatic heterocycles. The van der Waals surface area contributed by atoms with Crippen LogP contribution in [-0.2, 0) is 19.4 Å². The highest BCUT2D eigenvalue weighted by atomic mass is 28.4. The van der Waals surface area contributed by atoms with Crippen LogP contribution in [0, 0.1) is 6.92 Å². The van der Waals surface area contributed by atoms with E-state index in [0.29, 0.717) is 6.17 Å². The van der Waals surface area contributed by atoms with Crippen molar-refractivity contribution in [3.63, 3.8) is 0 Å². The van der Waals surface area contributed by atoms with Crippen LogP contribution in [0.2, 0.25) is 0 Å². The number of pyridine rings is 1. The zero-order valence-electron chi connectivity index (χ0n) is 14.4. The monoisotopic (exact) mass is 312 g/mol. The first-order valence-corrected chi connectivity index (χ1v) is 9.66. The number of aromatic nitrogens is 1. The van der Waals surface area contributed by atoms with Crippen molar-refractivity contribution in [2.24, 2.45) is 0 Å². The largest absolute Gasteiger partial charge is 0.570 e. The minimum Gasteiger partial charge on any atom is -0.367 e. The Balaban J connectivity index is 3.10. The number of hydrogen-bond acceptors (Lipinski definition) is 3. The first-order chi connectivity index (χ1) is 9.74. The Labute approximate surface area is 130 Å². The molecule has 5 heteroatoms. The highest BCUT2D eigenvalue weighted by molar-refractivity contribution is 6.59. The lowest BCUT2D eigenvalue weighted by Crippen LogP contribution is -2.61. The second kappa shape index (κ2) is 8.03. The second-order valence-electron chi connectivity index (χ2n) is 6.15. The van der Waals surface area contributed by atoms with Crippen LogP contribution in [-0.4, -0.2) is 27.1 Å². The van der Waals surface area contributed by atoms with Crippen LogP contribution in [0.5, 0.6) is 0 Å². The number of hydrogen-bond donors (Lipinski definition) is 0. The lowest BCUT2D eigenvalue weighted by molar-refractivity contribution is -0.691. The van der Waals surface area contributed by atoms with Crippen LogP contribution in [0.25, 0.3) is 0 Å². The van der Waals surface area contributed by atoms with Crippen LogP contribution in [0.1, 0.15) is 47.2 Å². The van der Waals surface area contributed by atoms with Crippen molar-refractivity contribution in [2.45, 2.75) is 72.9 Å². The molecule has 0 aromatic carbocycles. The molecule has 1 rings (SSSR count). The van der Waals surface area contributed by atoms with Gasteiger partial charge in [-0.3, -0.25) is 0 Å². The average molecular weight is 313 g/mol. The summed E-state index contributed by atoms with van der Waals surface area (Å²) in [5, 5.41) is 0. The fraction of sp³-hybridized carbons (Fsp3) is 0.688. The Kier molecular flexibility index (Phi) is 7.00. The Hall–Kier alpha value is -0.753.